The first-order valence-corrected chi connectivity index (χ1v) is 6.67. The summed E-state index contributed by atoms with van der Waals surface area (Å²) < 4.78 is 0. The Morgan fingerprint density at radius 3 is 2.71 bits per heavy atom. The number of benzene rings is 2. The molecule has 3 rings (SSSR count). The number of hydrogen-bond donors (Lipinski definition) is 2. The van der Waals surface area contributed by atoms with Gasteiger partial charge >= 0.3 is 0 Å². The third kappa shape index (κ3) is 2.69. The summed E-state index contributed by atoms with van der Waals surface area (Å²) in [6.45, 7) is 1.97. The summed E-state index contributed by atoms with van der Waals surface area (Å²) in [7, 11) is 0. The monoisotopic (exact) mass is 277 g/mol. The molecule has 0 bridgehead atoms. The van der Waals surface area contributed by atoms with Crippen LogP contribution in [0.3, 0.4) is 0 Å². The van der Waals surface area contributed by atoms with Gasteiger partial charge in [-0.25, -0.2) is 4.98 Å². The molecule has 0 unspecified atom stereocenters. The van der Waals surface area contributed by atoms with E-state index in [1.807, 2.05) is 55.5 Å². The quantitative estimate of drug-likeness (QED) is 0.754. The van der Waals surface area contributed by atoms with Crippen LogP contribution < -0.4 is 11.1 Å². The molecule has 0 aliphatic carbocycles. The summed E-state index contributed by atoms with van der Waals surface area (Å²) in [6.07, 6.45) is 0. The normalized spacial score (nSPS) is 10.5. The average Bonchev–Trinajstić information content (AvgIpc) is 2.47. The molecule has 1 aromatic heterocycles. The molecular weight excluding hydrogens is 262 g/mol. The molecule has 21 heavy (non-hydrogen) atoms. The molecule has 3 aromatic rings. The van der Waals surface area contributed by atoms with E-state index in [9.17, 15) is 4.79 Å². The highest BCUT2D eigenvalue weighted by Crippen LogP contribution is 2.20. The van der Waals surface area contributed by atoms with Gasteiger partial charge in [0.2, 0.25) is 0 Å². The zero-order valence-electron chi connectivity index (χ0n) is 11.6. The number of pyridine rings is 1. The number of anilines is 2. The molecule has 2 aromatic carbocycles. The second kappa shape index (κ2) is 5.25. The Kier molecular flexibility index (Phi) is 3.28. The largest absolute Gasteiger partial charge is 0.383 e. The van der Waals surface area contributed by atoms with Crippen LogP contribution in [0.2, 0.25) is 0 Å². The van der Waals surface area contributed by atoms with Gasteiger partial charge < -0.3 is 11.1 Å². The van der Waals surface area contributed by atoms with E-state index in [1.54, 1.807) is 6.07 Å². The van der Waals surface area contributed by atoms with Crippen molar-refractivity contribution in [2.45, 2.75) is 6.92 Å². The van der Waals surface area contributed by atoms with Crippen molar-refractivity contribution in [3.63, 3.8) is 0 Å². The Morgan fingerprint density at radius 1 is 1.10 bits per heavy atom. The predicted molar refractivity (Wildman–Crippen MR) is 85.3 cm³/mol. The second-order valence-electron chi connectivity index (χ2n) is 4.94. The van der Waals surface area contributed by atoms with Gasteiger partial charge in [-0.3, -0.25) is 4.79 Å². The minimum Gasteiger partial charge on any atom is -0.383 e. The molecule has 3 N–H and O–H groups in total. The van der Waals surface area contributed by atoms with Crippen molar-refractivity contribution >= 4 is 28.2 Å². The maximum atomic E-state index is 12.3. The average molecular weight is 277 g/mol. The van der Waals surface area contributed by atoms with Crippen molar-refractivity contribution < 1.29 is 4.79 Å². The molecule has 0 fully saturated rings. The molecule has 1 amide bonds. The molecule has 104 valence electrons. The molecule has 0 aliphatic heterocycles. The number of carbonyl (C=O) groups excluding carboxylic acids is 1. The van der Waals surface area contributed by atoms with Crippen LogP contribution in [0.1, 0.15) is 16.1 Å². The maximum Gasteiger partial charge on any atom is 0.274 e. The van der Waals surface area contributed by atoms with Crippen molar-refractivity contribution in [1.82, 2.24) is 4.98 Å². The molecule has 0 radical (unpaired) electrons. The highest BCUT2D eigenvalue weighted by Gasteiger charge is 2.11. The first-order valence-electron chi connectivity index (χ1n) is 6.67. The minimum atomic E-state index is -0.266. The fourth-order valence-electron chi connectivity index (χ4n) is 2.26. The summed E-state index contributed by atoms with van der Waals surface area (Å²) >= 11 is 0. The van der Waals surface area contributed by atoms with Crippen LogP contribution in [0.25, 0.3) is 10.8 Å². The fourth-order valence-corrected chi connectivity index (χ4v) is 2.26. The number of amides is 1. The highest BCUT2D eigenvalue weighted by atomic mass is 16.1. The van der Waals surface area contributed by atoms with E-state index in [1.165, 1.54) is 0 Å². The third-order valence-corrected chi connectivity index (χ3v) is 3.28. The lowest BCUT2D eigenvalue weighted by molar-refractivity contribution is 0.102. The topological polar surface area (TPSA) is 68.0 Å². The van der Waals surface area contributed by atoms with E-state index < -0.39 is 0 Å². The number of fused-ring (bicyclic) bond motifs is 1. The van der Waals surface area contributed by atoms with Gasteiger partial charge in [-0.05, 0) is 36.1 Å². The van der Waals surface area contributed by atoms with Crippen molar-refractivity contribution in [3.8, 4) is 0 Å². The lowest BCUT2D eigenvalue weighted by atomic mass is 10.1. The lowest BCUT2D eigenvalue weighted by Gasteiger charge is -2.08. The summed E-state index contributed by atoms with van der Waals surface area (Å²) in [6, 6.07) is 17.0. The van der Waals surface area contributed by atoms with Crippen LogP contribution in [0.5, 0.6) is 0 Å². The number of nitrogens with two attached hydrogens (primary N) is 1. The predicted octanol–water partition coefficient (Wildman–Crippen LogP) is 3.38. The molecule has 0 atom stereocenters. The zero-order chi connectivity index (χ0) is 14.8. The van der Waals surface area contributed by atoms with E-state index >= 15 is 0 Å². The van der Waals surface area contributed by atoms with Crippen LogP contribution in [0.15, 0.2) is 54.6 Å². The summed E-state index contributed by atoms with van der Waals surface area (Å²) in [5, 5.41) is 4.59. The molecule has 1 heterocycles. The fraction of sp³-hybridized carbons (Fsp3) is 0.0588. The molecule has 4 nitrogen and oxygen atoms in total. The van der Waals surface area contributed by atoms with Crippen LogP contribution in [-0.4, -0.2) is 10.9 Å². The van der Waals surface area contributed by atoms with Gasteiger partial charge in [0, 0.05) is 11.1 Å². The van der Waals surface area contributed by atoms with Gasteiger partial charge in [0.15, 0.2) is 0 Å². The van der Waals surface area contributed by atoms with Crippen molar-refractivity contribution in [2.24, 2.45) is 0 Å². The van der Waals surface area contributed by atoms with Gasteiger partial charge in [0.05, 0.1) is 0 Å². The smallest absolute Gasteiger partial charge is 0.274 e. The maximum absolute atomic E-state index is 12.3. The van der Waals surface area contributed by atoms with Gasteiger partial charge in [-0.2, -0.15) is 0 Å². The van der Waals surface area contributed by atoms with E-state index in [-0.39, 0.29) is 5.91 Å². The van der Waals surface area contributed by atoms with Crippen LogP contribution in [-0.2, 0) is 0 Å². The number of nitrogens with one attached hydrogen (secondary N) is 1. The Morgan fingerprint density at radius 2 is 1.90 bits per heavy atom. The van der Waals surface area contributed by atoms with Gasteiger partial charge in [0.25, 0.3) is 5.91 Å². The Balaban J connectivity index is 1.94. The first kappa shape index (κ1) is 13.1. The van der Waals surface area contributed by atoms with Crippen molar-refractivity contribution in [1.29, 1.82) is 0 Å². The second-order valence-corrected chi connectivity index (χ2v) is 4.94. The van der Waals surface area contributed by atoms with Gasteiger partial charge in [-0.1, -0.05) is 36.4 Å². The molecule has 0 saturated carbocycles. The highest BCUT2D eigenvalue weighted by molar-refractivity contribution is 6.06. The van der Waals surface area contributed by atoms with E-state index in [0.29, 0.717) is 11.5 Å². The molecular formula is C17H15N3O. The number of carbonyl (C=O) groups is 1. The molecule has 0 saturated heterocycles. The first-order chi connectivity index (χ1) is 10.1. The number of rotatable bonds is 2. The minimum absolute atomic E-state index is 0.266. The standard InChI is InChI=1S/C17H15N3O/c1-11-5-4-7-13(9-11)19-17(21)15-10-12-6-2-3-8-14(12)16(18)20-15/h2-10H,1H3,(H2,18,20)(H,19,21). The number of nitrogens with zero attached hydrogens (tertiary/aromatic N) is 1. The van der Waals surface area contributed by atoms with Gasteiger partial charge in [-0.15, -0.1) is 0 Å². The summed E-state index contributed by atoms with van der Waals surface area (Å²) in [5.41, 5.74) is 8.06. The van der Waals surface area contributed by atoms with Crippen LogP contribution in [0, 0.1) is 6.92 Å². The van der Waals surface area contributed by atoms with Gasteiger partial charge in [0.1, 0.15) is 11.5 Å². The Bertz CT molecular complexity index is 827. The number of aromatic nitrogens is 1. The molecule has 0 aliphatic rings. The number of hydrogen-bond acceptors (Lipinski definition) is 3. The van der Waals surface area contributed by atoms with Crippen LogP contribution >= 0.6 is 0 Å². The van der Waals surface area contributed by atoms with Crippen molar-refractivity contribution in [2.75, 3.05) is 11.1 Å². The molecule has 4 heteroatoms. The number of aryl methyl sites for hydroxylation is 1. The summed E-state index contributed by atoms with van der Waals surface area (Å²) in [5.74, 6) is 0.0977. The van der Waals surface area contributed by atoms with E-state index in [0.717, 1.165) is 22.0 Å². The van der Waals surface area contributed by atoms with Crippen molar-refractivity contribution in [3.05, 3.63) is 65.9 Å². The Labute approximate surface area is 122 Å². The molecule has 0 spiro atoms. The Hall–Kier alpha value is -2.88. The zero-order valence-corrected chi connectivity index (χ0v) is 11.6. The van der Waals surface area contributed by atoms with E-state index in [4.69, 9.17) is 5.73 Å². The van der Waals surface area contributed by atoms with Crippen LogP contribution in [0.4, 0.5) is 11.5 Å². The number of nitrogen functional groups attached to an aromatic ring is 1. The third-order valence-electron chi connectivity index (χ3n) is 3.28. The lowest BCUT2D eigenvalue weighted by Crippen LogP contribution is -2.14. The van der Waals surface area contributed by atoms with E-state index in [2.05, 4.69) is 10.3 Å². The summed E-state index contributed by atoms with van der Waals surface area (Å²) in [4.78, 5) is 16.5. The SMILES string of the molecule is Cc1cccc(NC(=O)c2cc3ccccc3c(N)n2)c1.